The van der Waals surface area contributed by atoms with Crippen molar-refractivity contribution in [2.75, 3.05) is 5.73 Å². The molecule has 5 rings (SSSR count). The Morgan fingerprint density at radius 2 is 1.86 bits per heavy atom. The predicted molar refractivity (Wildman–Crippen MR) is 142 cm³/mol. The van der Waals surface area contributed by atoms with Crippen LogP contribution in [0.2, 0.25) is 0 Å². The summed E-state index contributed by atoms with van der Waals surface area (Å²) in [4.78, 5) is 15.5. The summed E-state index contributed by atoms with van der Waals surface area (Å²) in [7, 11) is 0. The van der Waals surface area contributed by atoms with E-state index in [9.17, 15) is 9.90 Å². The van der Waals surface area contributed by atoms with E-state index in [1.54, 1.807) is 18.3 Å². The summed E-state index contributed by atoms with van der Waals surface area (Å²) >= 11 is 0. The Labute approximate surface area is 209 Å². The van der Waals surface area contributed by atoms with Crippen molar-refractivity contribution in [1.82, 2.24) is 14.8 Å². The van der Waals surface area contributed by atoms with Crippen LogP contribution in [-0.2, 0) is 24.4 Å². The fraction of sp³-hybridized carbons (Fsp3) is 0.207. The van der Waals surface area contributed by atoms with E-state index in [0.717, 1.165) is 45.0 Å². The predicted octanol–water partition coefficient (Wildman–Crippen LogP) is 5.70. The van der Waals surface area contributed by atoms with Gasteiger partial charge >= 0.3 is 5.97 Å². The Bertz CT molecular complexity index is 1570. The van der Waals surface area contributed by atoms with E-state index in [-0.39, 0.29) is 13.0 Å². The van der Waals surface area contributed by atoms with Crippen molar-refractivity contribution in [3.05, 3.63) is 84.2 Å². The van der Waals surface area contributed by atoms with E-state index in [1.165, 1.54) is 0 Å². The lowest BCUT2D eigenvalue weighted by Crippen LogP contribution is -2.07. The maximum Gasteiger partial charge on any atom is 0.307 e. The number of anilines is 1. The molecule has 0 spiro atoms. The van der Waals surface area contributed by atoms with Crippen LogP contribution in [0.5, 0.6) is 5.75 Å². The van der Waals surface area contributed by atoms with Gasteiger partial charge < -0.3 is 15.6 Å². The first-order valence-electron chi connectivity index (χ1n) is 12.0. The molecule has 5 aromatic rings. The number of nitrogens with zero attached hydrogens (tertiary/aromatic N) is 3. The fourth-order valence-electron chi connectivity index (χ4n) is 4.59. The minimum absolute atomic E-state index is 0.0953. The highest BCUT2D eigenvalue weighted by Crippen LogP contribution is 2.33. The van der Waals surface area contributed by atoms with Gasteiger partial charge in [0.2, 0.25) is 0 Å². The number of carboxylic acid groups (broad SMARTS) is 1. The van der Waals surface area contributed by atoms with Crippen LogP contribution in [0.15, 0.2) is 72.9 Å². The monoisotopic (exact) mass is 480 g/mol. The Hall–Kier alpha value is -4.39. The lowest BCUT2D eigenvalue weighted by molar-refractivity contribution is -0.136. The van der Waals surface area contributed by atoms with E-state index in [0.29, 0.717) is 23.0 Å². The Morgan fingerprint density at radius 3 is 2.67 bits per heavy atom. The molecule has 0 atom stereocenters. The van der Waals surface area contributed by atoms with Gasteiger partial charge in [-0.05, 0) is 46.7 Å². The molecule has 2 heterocycles. The number of para-hydroxylation sites is 1. The third-order valence-electron chi connectivity index (χ3n) is 6.19. The summed E-state index contributed by atoms with van der Waals surface area (Å²) < 4.78 is 8.14. The first-order valence-corrected chi connectivity index (χ1v) is 12.0. The van der Waals surface area contributed by atoms with Gasteiger partial charge in [-0.15, -0.1) is 0 Å². The van der Waals surface area contributed by atoms with Crippen LogP contribution < -0.4 is 10.5 Å². The molecule has 0 aliphatic carbocycles. The number of nitrogen functional groups attached to an aromatic ring is 1. The van der Waals surface area contributed by atoms with Crippen LogP contribution in [0, 0.1) is 5.92 Å². The van der Waals surface area contributed by atoms with Gasteiger partial charge in [-0.25, -0.2) is 4.98 Å². The molecule has 0 aliphatic rings. The first kappa shape index (κ1) is 23.4. The smallest absolute Gasteiger partial charge is 0.307 e. The molecule has 0 saturated heterocycles. The summed E-state index contributed by atoms with van der Waals surface area (Å²) in [6.45, 7) is 5.33. The van der Waals surface area contributed by atoms with Crippen LogP contribution in [0.1, 0.15) is 25.1 Å². The van der Waals surface area contributed by atoms with Gasteiger partial charge in [0.15, 0.2) is 0 Å². The van der Waals surface area contributed by atoms with Crippen molar-refractivity contribution >= 4 is 33.5 Å². The molecule has 2 aromatic heterocycles. The molecule has 7 nitrogen and oxygen atoms in total. The number of aliphatic carboxylic acids is 1. The number of hydrogen-bond acceptors (Lipinski definition) is 5. The number of benzene rings is 3. The summed E-state index contributed by atoms with van der Waals surface area (Å²) in [6, 6.07) is 21.6. The zero-order valence-corrected chi connectivity index (χ0v) is 20.3. The molecule has 0 unspecified atom stereocenters. The molecule has 0 radical (unpaired) electrons. The molecule has 0 fully saturated rings. The van der Waals surface area contributed by atoms with Crippen molar-refractivity contribution in [3.8, 4) is 16.9 Å². The second-order valence-electron chi connectivity index (χ2n) is 9.32. The molecule has 36 heavy (non-hydrogen) atoms. The van der Waals surface area contributed by atoms with Gasteiger partial charge in [-0.3, -0.25) is 9.48 Å². The average Bonchev–Trinajstić information content (AvgIpc) is 3.19. The highest BCUT2D eigenvalue weighted by molar-refractivity contribution is 6.02. The Kier molecular flexibility index (Phi) is 6.29. The standard InChI is InChI=1S/C29H28N4O3/c1-18(2)16-33-26-11-10-19(21-7-5-8-23-22(21)12-13-31-29(23)30)14-24(26)25(32-33)17-36-27-9-4-3-6-20(27)15-28(34)35/h3-14,18H,15-17H2,1-2H3,(H2,30,31)(H,34,35). The maximum absolute atomic E-state index is 11.3. The molecular weight excluding hydrogens is 452 g/mol. The van der Waals surface area contributed by atoms with Crippen molar-refractivity contribution in [2.45, 2.75) is 33.4 Å². The van der Waals surface area contributed by atoms with E-state index in [2.05, 4.69) is 43.1 Å². The van der Waals surface area contributed by atoms with Gasteiger partial charge in [-0.2, -0.15) is 5.10 Å². The van der Waals surface area contributed by atoms with Crippen LogP contribution in [0.25, 0.3) is 32.8 Å². The molecular formula is C29H28N4O3. The van der Waals surface area contributed by atoms with E-state index in [4.69, 9.17) is 15.6 Å². The molecule has 0 bridgehead atoms. The number of ether oxygens (including phenoxy) is 1. The van der Waals surface area contributed by atoms with Crippen molar-refractivity contribution in [2.24, 2.45) is 5.92 Å². The van der Waals surface area contributed by atoms with Crippen molar-refractivity contribution in [1.29, 1.82) is 0 Å². The molecule has 0 amide bonds. The first-order chi connectivity index (χ1) is 17.4. The number of pyridine rings is 1. The van der Waals surface area contributed by atoms with Crippen molar-refractivity contribution in [3.63, 3.8) is 0 Å². The number of nitrogens with two attached hydrogens (primary N) is 1. The zero-order chi connectivity index (χ0) is 25.2. The van der Waals surface area contributed by atoms with Gasteiger partial charge in [0.05, 0.1) is 11.9 Å². The third kappa shape index (κ3) is 4.60. The molecule has 3 N–H and O–H groups in total. The number of rotatable bonds is 8. The van der Waals surface area contributed by atoms with Crippen LogP contribution in [-0.4, -0.2) is 25.8 Å². The third-order valence-corrected chi connectivity index (χ3v) is 6.19. The fourth-order valence-corrected chi connectivity index (χ4v) is 4.59. The average molecular weight is 481 g/mol. The number of carboxylic acids is 1. The van der Waals surface area contributed by atoms with Gasteiger partial charge in [0.25, 0.3) is 0 Å². The SMILES string of the molecule is CC(C)Cn1nc(COc2ccccc2CC(=O)O)c2cc(-c3cccc4c(N)nccc34)ccc21. The minimum Gasteiger partial charge on any atom is -0.487 e. The normalized spacial score (nSPS) is 11.4. The lowest BCUT2D eigenvalue weighted by atomic mass is 9.97. The summed E-state index contributed by atoms with van der Waals surface area (Å²) in [5.74, 6) is 0.591. The van der Waals surface area contributed by atoms with Gasteiger partial charge in [0, 0.05) is 29.1 Å². The summed E-state index contributed by atoms with van der Waals surface area (Å²) in [6.07, 6.45) is 1.64. The topological polar surface area (TPSA) is 103 Å². The maximum atomic E-state index is 11.3. The number of fused-ring (bicyclic) bond motifs is 2. The number of aromatic nitrogens is 3. The number of carbonyl (C=O) groups is 1. The quantitative estimate of drug-likeness (QED) is 0.295. The Morgan fingerprint density at radius 1 is 1.03 bits per heavy atom. The van der Waals surface area contributed by atoms with E-state index in [1.807, 2.05) is 35.0 Å². The summed E-state index contributed by atoms with van der Waals surface area (Å²) in [5.41, 5.74) is 10.7. The summed E-state index contributed by atoms with van der Waals surface area (Å²) in [5, 5.41) is 17.1. The van der Waals surface area contributed by atoms with Crippen LogP contribution in [0.4, 0.5) is 5.82 Å². The molecule has 3 aromatic carbocycles. The van der Waals surface area contributed by atoms with Gasteiger partial charge in [-0.1, -0.05) is 56.3 Å². The second-order valence-corrected chi connectivity index (χ2v) is 9.32. The lowest BCUT2D eigenvalue weighted by Gasteiger charge is -2.10. The van der Waals surface area contributed by atoms with Crippen LogP contribution >= 0.6 is 0 Å². The molecule has 0 aliphatic heterocycles. The van der Waals surface area contributed by atoms with E-state index < -0.39 is 5.97 Å². The molecule has 0 saturated carbocycles. The zero-order valence-electron chi connectivity index (χ0n) is 20.3. The minimum atomic E-state index is -0.895. The number of hydrogen-bond donors (Lipinski definition) is 2. The van der Waals surface area contributed by atoms with E-state index >= 15 is 0 Å². The molecule has 7 heteroatoms. The highest BCUT2D eigenvalue weighted by atomic mass is 16.5. The largest absolute Gasteiger partial charge is 0.487 e. The second kappa shape index (κ2) is 9.70. The Balaban J connectivity index is 1.57. The van der Waals surface area contributed by atoms with Crippen molar-refractivity contribution < 1.29 is 14.6 Å². The molecule has 182 valence electrons. The van der Waals surface area contributed by atoms with Gasteiger partial charge in [0.1, 0.15) is 23.9 Å². The highest BCUT2D eigenvalue weighted by Gasteiger charge is 2.16. The van der Waals surface area contributed by atoms with Crippen LogP contribution in [0.3, 0.4) is 0 Å².